The number of amides is 1. The fourth-order valence-corrected chi connectivity index (χ4v) is 5.14. The monoisotopic (exact) mass is 525 g/mol. The third-order valence-corrected chi connectivity index (χ3v) is 7.46. The number of aromatic nitrogens is 2. The number of aryl methyl sites for hydroxylation is 3. The second-order valence-electron chi connectivity index (χ2n) is 11.2. The molecule has 1 aromatic heterocycles. The molecule has 200 valence electrons. The molecule has 0 N–H and O–H groups in total. The number of likely N-dealkylation sites (tertiary alicyclic amines) is 1. The van der Waals surface area contributed by atoms with Crippen molar-refractivity contribution < 1.29 is 14.3 Å². The number of hydrogen-bond acceptors (Lipinski definition) is 4. The lowest BCUT2D eigenvalue weighted by Crippen LogP contribution is -2.41. The van der Waals surface area contributed by atoms with Crippen molar-refractivity contribution in [3.8, 4) is 5.75 Å². The highest BCUT2D eigenvalue weighted by atomic mass is 35.5. The van der Waals surface area contributed by atoms with E-state index in [1.165, 1.54) is 23.1 Å². The molecule has 0 radical (unpaired) electrons. The molecule has 0 unspecified atom stereocenters. The number of piperidine rings is 1. The first-order valence-corrected chi connectivity index (χ1v) is 13.8. The molecular weight excluding hydrogens is 486 g/mol. The van der Waals surface area contributed by atoms with E-state index in [0.29, 0.717) is 17.5 Å². The van der Waals surface area contributed by atoms with Crippen LogP contribution < -0.4 is 4.74 Å². The van der Waals surface area contributed by atoms with Crippen molar-refractivity contribution in [2.24, 2.45) is 5.92 Å². The summed E-state index contributed by atoms with van der Waals surface area (Å²) in [5, 5.41) is 0.696. The lowest BCUT2D eigenvalue weighted by molar-refractivity contribution is 0.0180. The zero-order valence-electron chi connectivity index (χ0n) is 22.8. The maximum absolute atomic E-state index is 12.3. The van der Waals surface area contributed by atoms with Gasteiger partial charge in [-0.1, -0.05) is 30.5 Å². The minimum absolute atomic E-state index is 0.183. The van der Waals surface area contributed by atoms with Gasteiger partial charge in [0.15, 0.2) is 0 Å². The Morgan fingerprint density at radius 2 is 1.76 bits per heavy atom. The number of nitrogens with zero attached hydrogens (tertiary/aromatic N) is 3. The zero-order valence-corrected chi connectivity index (χ0v) is 23.6. The number of halogens is 1. The molecule has 4 rings (SSSR count). The van der Waals surface area contributed by atoms with E-state index >= 15 is 0 Å². The molecule has 0 atom stereocenters. The number of unbranched alkanes of at least 4 members (excludes halogenated alkanes) is 1. The van der Waals surface area contributed by atoms with Crippen LogP contribution in [0.5, 0.6) is 5.75 Å². The van der Waals surface area contributed by atoms with Gasteiger partial charge >= 0.3 is 6.09 Å². The fourth-order valence-electron chi connectivity index (χ4n) is 5.01. The molecule has 3 aromatic rings. The number of rotatable bonds is 8. The zero-order chi connectivity index (χ0) is 26.6. The van der Waals surface area contributed by atoms with Crippen molar-refractivity contribution in [1.82, 2.24) is 14.5 Å². The first kappa shape index (κ1) is 27.3. The van der Waals surface area contributed by atoms with E-state index in [2.05, 4.69) is 30.5 Å². The summed E-state index contributed by atoms with van der Waals surface area (Å²) in [6, 6.07) is 11.7. The normalized spacial score (nSPS) is 14.8. The van der Waals surface area contributed by atoms with Gasteiger partial charge in [-0.15, -0.1) is 0 Å². The van der Waals surface area contributed by atoms with Gasteiger partial charge in [0, 0.05) is 24.7 Å². The van der Waals surface area contributed by atoms with E-state index in [9.17, 15) is 4.79 Å². The van der Waals surface area contributed by atoms with Crippen LogP contribution >= 0.6 is 11.6 Å². The largest absolute Gasteiger partial charge is 0.486 e. The van der Waals surface area contributed by atoms with E-state index in [0.717, 1.165) is 62.4 Å². The van der Waals surface area contributed by atoms with Crippen LogP contribution in [-0.4, -0.2) is 39.2 Å². The lowest BCUT2D eigenvalue weighted by Gasteiger charge is -2.33. The molecule has 37 heavy (non-hydrogen) atoms. The molecule has 1 amide bonds. The van der Waals surface area contributed by atoms with Gasteiger partial charge in [-0.25, -0.2) is 9.78 Å². The van der Waals surface area contributed by atoms with Crippen molar-refractivity contribution in [1.29, 1.82) is 0 Å². The first-order chi connectivity index (χ1) is 17.6. The van der Waals surface area contributed by atoms with Crippen LogP contribution in [0.3, 0.4) is 0 Å². The van der Waals surface area contributed by atoms with Gasteiger partial charge in [0.1, 0.15) is 23.8 Å². The standard InChI is InChI=1S/C30H40ClN3O3/c1-21-9-14-26-28(22(21)2)34(27(32-26)20-36-25-12-10-24(31)11-13-25)17-7-6-8-23-15-18-33(19-16-23)29(35)37-30(3,4)5/h9-14,23H,6-8,15-20H2,1-5H3. The summed E-state index contributed by atoms with van der Waals surface area (Å²) in [5.74, 6) is 2.40. The van der Waals surface area contributed by atoms with E-state index < -0.39 is 5.60 Å². The van der Waals surface area contributed by atoms with Crippen LogP contribution in [0.2, 0.25) is 5.02 Å². The predicted octanol–water partition coefficient (Wildman–Crippen LogP) is 7.70. The maximum Gasteiger partial charge on any atom is 0.410 e. The number of carbonyl (C=O) groups is 1. The van der Waals surface area contributed by atoms with Gasteiger partial charge in [-0.05, 0) is 101 Å². The van der Waals surface area contributed by atoms with Crippen LogP contribution in [0.15, 0.2) is 36.4 Å². The highest BCUT2D eigenvalue weighted by molar-refractivity contribution is 6.30. The number of ether oxygens (including phenoxy) is 2. The van der Waals surface area contributed by atoms with Gasteiger partial charge in [0.05, 0.1) is 11.0 Å². The Morgan fingerprint density at radius 3 is 2.43 bits per heavy atom. The van der Waals surface area contributed by atoms with Gasteiger partial charge in [-0.2, -0.15) is 0 Å². The molecule has 2 aromatic carbocycles. The topological polar surface area (TPSA) is 56.6 Å². The lowest BCUT2D eigenvalue weighted by atomic mass is 9.92. The third kappa shape index (κ3) is 7.19. The second-order valence-corrected chi connectivity index (χ2v) is 11.6. The second kappa shape index (κ2) is 11.8. The van der Waals surface area contributed by atoms with Crippen molar-refractivity contribution in [3.63, 3.8) is 0 Å². The first-order valence-electron chi connectivity index (χ1n) is 13.4. The minimum Gasteiger partial charge on any atom is -0.486 e. The van der Waals surface area contributed by atoms with Crippen LogP contribution in [-0.2, 0) is 17.9 Å². The van der Waals surface area contributed by atoms with Gasteiger partial charge in [0.2, 0.25) is 0 Å². The maximum atomic E-state index is 12.3. The van der Waals surface area contributed by atoms with Gasteiger partial charge in [0.25, 0.3) is 0 Å². The highest BCUT2D eigenvalue weighted by Crippen LogP contribution is 2.27. The highest BCUT2D eigenvalue weighted by Gasteiger charge is 2.26. The van der Waals surface area contributed by atoms with Gasteiger partial charge in [-0.3, -0.25) is 0 Å². The fraction of sp³-hybridized carbons (Fsp3) is 0.533. The Bertz CT molecular complexity index is 1210. The van der Waals surface area contributed by atoms with E-state index in [4.69, 9.17) is 26.1 Å². The Hall–Kier alpha value is -2.73. The molecule has 6 nitrogen and oxygen atoms in total. The molecule has 1 aliphatic heterocycles. The van der Waals surface area contributed by atoms with Crippen LogP contribution in [0.25, 0.3) is 11.0 Å². The summed E-state index contributed by atoms with van der Waals surface area (Å²) < 4.78 is 13.9. The van der Waals surface area contributed by atoms with Crippen molar-refractivity contribution in [3.05, 3.63) is 58.4 Å². The van der Waals surface area contributed by atoms with Crippen LogP contribution in [0.1, 0.15) is 69.8 Å². The van der Waals surface area contributed by atoms with Crippen molar-refractivity contribution in [2.45, 2.75) is 85.5 Å². The minimum atomic E-state index is -0.443. The summed E-state index contributed by atoms with van der Waals surface area (Å²) >= 11 is 6.02. The molecule has 1 aliphatic rings. The van der Waals surface area contributed by atoms with Crippen LogP contribution in [0, 0.1) is 19.8 Å². The number of benzene rings is 2. The van der Waals surface area contributed by atoms with E-state index in [1.807, 2.05) is 49.9 Å². The summed E-state index contributed by atoms with van der Waals surface area (Å²) in [4.78, 5) is 19.1. The molecule has 0 spiro atoms. The summed E-state index contributed by atoms with van der Waals surface area (Å²) in [6.07, 6.45) is 5.33. The molecular formula is C30H40ClN3O3. The molecule has 1 saturated heterocycles. The average molecular weight is 526 g/mol. The van der Waals surface area contributed by atoms with Gasteiger partial charge < -0.3 is 18.9 Å². The van der Waals surface area contributed by atoms with Crippen molar-refractivity contribution in [2.75, 3.05) is 13.1 Å². The summed E-state index contributed by atoms with van der Waals surface area (Å²) in [5.41, 5.74) is 4.33. The SMILES string of the molecule is Cc1ccc2nc(COc3ccc(Cl)cc3)n(CCCCC3CCN(C(=O)OC(C)(C)C)CC3)c2c1C. The molecule has 1 fully saturated rings. The molecule has 2 heterocycles. The average Bonchev–Trinajstić information content (AvgIpc) is 3.21. The number of hydrogen-bond donors (Lipinski definition) is 0. The number of carbonyl (C=O) groups excluding carboxylic acids is 1. The van der Waals surface area contributed by atoms with Crippen LogP contribution in [0.4, 0.5) is 4.79 Å². The van der Waals surface area contributed by atoms with E-state index in [1.54, 1.807) is 0 Å². The number of imidazole rings is 1. The molecule has 0 saturated carbocycles. The Labute approximate surface area is 225 Å². The smallest absolute Gasteiger partial charge is 0.410 e. The Kier molecular flexibility index (Phi) is 8.68. The van der Waals surface area contributed by atoms with E-state index in [-0.39, 0.29) is 6.09 Å². The van der Waals surface area contributed by atoms with Crippen molar-refractivity contribution >= 4 is 28.7 Å². The third-order valence-electron chi connectivity index (χ3n) is 7.20. The Morgan fingerprint density at radius 1 is 1.05 bits per heavy atom. The molecule has 7 heteroatoms. The number of fused-ring (bicyclic) bond motifs is 1. The Balaban J connectivity index is 1.34. The quantitative estimate of drug-likeness (QED) is 0.283. The molecule has 0 aliphatic carbocycles. The predicted molar refractivity (Wildman–Crippen MR) is 149 cm³/mol. The molecule has 0 bridgehead atoms. The summed E-state index contributed by atoms with van der Waals surface area (Å²) in [7, 11) is 0. The summed E-state index contributed by atoms with van der Waals surface area (Å²) in [6.45, 7) is 13.0.